The molecule has 0 aliphatic carbocycles. The third-order valence-corrected chi connectivity index (χ3v) is 6.27. The number of benzene rings is 3. The highest BCUT2D eigenvalue weighted by atomic mass is 35.5. The number of para-hydroxylation sites is 1. The second-order valence-corrected chi connectivity index (χ2v) is 8.71. The Labute approximate surface area is 219 Å². The standard InChI is InChI=1S/C26H20ClF2N3O6/c1-35-23(33)14-36-22-9-6-16(27)12-19(22)25-18-7-8-20(28)24(29)17(18)10-11-31(25)37-26(34)38-32-21-5-3-2-4-15(21)13-30-32/h2-9,12-13,25H,10-11,14H2,1H3/t25-/m0/s1. The molecule has 2 heterocycles. The lowest BCUT2D eigenvalue weighted by Gasteiger charge is -2.36. The molecule has 0 amide bonds. The lowest BCUT2D eigenvalue weighted by atomic mass is 9.88. The van der Waals surface area contributed by atoms with Crippen LogP contribution >= 0.6 is 11.6 Å². The highest BCUT2D eigenvalue weighted by Gasteiger charge is 2.36. The van der Waals surface area contributed by atoms with Crippen molar-refractivity contribution in [2.45, 2.75) is 12.5 Å². The van der Waals surface area contributed by atoms with Gasteiger partial charge in [0.25, 0.3) is 0 Å². The molecule has 38 heavy (non-hydrogen) atoms. The molecule has 0 radical (unpaired) electrons. The number of halogens is 3. The van der Waals surface area contributed by atoms with Gasteiger partial charge in [-0.05, 0) is 47.9 Å². The predicted octanol–water partition coefficient (Wildman–Crippen LogP) is 4.65. The first kappa shape index (κ1) is 25.4. The second kappa shape index (κ2) is 10.6. The van der Waals surface area contributed by atoms with Crippen molar-refractivity contribution in [3.8, 4) is 5.75 Å². The number of aromatic nitrogens is 2. The van der Waals surface area contributed by atoms with E-state index in [1.165, 1.54) is 42.6 Å². The van der Waals surface area contributed by atoms with Crippen LogP contribution in [-0.4, -0.2) is 47.4 Å². The van der Waals surface area contributed by atoms with Gasteiger partial charge in [-0.3, -0.25) is 4.84 Å². The average molecular weight is 544 g/mol. The normalized spacial score (nSPS) is 15.1. The molecule has 4 aromatic rings. The van der Waals surface area contributed by atoms with Gasteiger partial charge in [0.15, 0.2) is 18.2 Å². The van der Waals surface area contributed by atoms with E-state index in [0.717, 1.165) is 16.3 Å². The van der Waals surface area contributed by atoms with Crippen LogP contribution in [0.25, 0.3) is 10.9 Å². The molecule has 5 rings (SSSR count). The van der Waals surface area contributed by atoms with Gasteiger partial charge in [-0.25, -0.2) is 13.6 Å². The van der Waals surface area contributed by atoms with E-state index in [4.69, 9.17) is 26.0 Å². The first-order valence-corrected chi connectivity index (χ1v) is 11.8. The summed E-state index contributed by atoms with van der Waals surface area (Å²) in [5, 5.41) is 6.34. The van der Waals surface area contributed by atoms with E-state index >= 15 is 0 Å². The molecule has 3 aromatic carbocycles. The Bertz CT molecular complexity index is 1530. The molecule has 1 aliphatic rings. The van der Waals surface area contributed by atoms with Crippen LogP contribution in [0.15, 0.2) is 60.8 Å². The fourth-order valence-corrected chi connectivity index (χ4v) is 4.49. The summed E-state index contributed by atoms with van der Waals surface area (Å²) in [6.07, 6.45) is 0.442. The van der Waals surface area contributed by atoms with Gasteiger partial charge >= 0.3 is 12.1 Å². The zero-order chi connectivity index (χ0) is 26.8. The Morgan fingerprint density at radius 2 is 1.89 bits per heavy atom. The van der Waals surface area contributed by atoms with Gasteiger partial charge in [-0.2, -0.15) is 4.79 Å². The molecular formula is C26H20ClF2N3O6. The number of hydrogen-bond acceptors (Lipinski definition) is 8. The van der Waals surface area contributed by atoms with Crippen LogP contribution in [0.4, 0.5) is 13.6 Å². The number of rotatable bonds is 6. The van der Waals surface area contributed by atoms with E-state index < -0.39 is 36.4 Å². The summed E-state index contributed by atoms with van der Waals surface area (Å²) in [6.45, 7) is -0.437. The van der Waals surface area contributed by atoms with Gasteiger partial charge in [0.05, 0.1) is 13.3 Å². The van der Waals surface area contributed by atoms with Gasteiger partial charge in [-0.1, -0.05) is 40.7 Å². The molecule has 1 atom stereocenters. The van der Waals surface area contributed by atoms with E-state index in [-0.39, 0.29) is 24.3 Å². The first-order valence-electron chi connectivity index (χ1n) is 11.4. The van der Waals surface area contributed by atoms with Crippen molar-refractivity contribution in [3.05, 3.63) is 94.1 Å². The summed E-state index contributed by atoms with van der Waals surface area (Å²) in [4.78, 5) is 36.4. The van der Waals surface area contributed by atoms with E-state index in [0.29, 0.717) is 21.7 Å². The smallest absolute Gasteiger partial charge is 0.482 e. The van der Waals surface area contributed by atoms with Crippen LogP contribution in [0.2, 0.25) is 5.02 Å². The van der Waals surface area contributed by atoms with Crippen LogP contribution < -0.4 is 9.57 Å². The monoisotopic (exact) mass is 543 g/mol. The van der Waals surface area contributed by atoms with Crippen molar-refractivity contribution in [2.75, 3.05) is 20.3 Å². The lowest BCUT2D eigenvalue weighted by molar-refractivity contribution is -0.153. The zero-order valence-corrected chi connectivity index (χ0v) is 20.7. The molecule has 0 saturated heterocycles. The molecule has 0 fully saturated rings. The zero-order valence-electron chi connectivity index (χ0n) is 19.9. The number of methoxy groups -OCH3 is 1. The highest BCUT2D eigenvalue weighted by Crippen LogP contribution is 2.41. The van der Waals surface area contributed by atoms with Crippen LogP contribution in [-0.2, 0) is 20.8 Å². The third-order valence-electron chi connectivity index (χ3n) is 6.03. The Morgan fingerprint density at radius 1 is 1.08 bits per heavy atom. The Kier molecular flexibility index (Phi) is 7.12. The minimum absolute atomic E-state index is 0.0179. The van der Waals surface area contributed by atoms with Crippen molar-refractivity contribution in [3.63, 3.8) is 0 Å². The average Bonchev–Trinajstić information content (AvgIpc) is 3.32. The Balaban J connectivity index is 1.50. The van der Waals surface area contributed by atoms with Crippen LogP contribution in [0.1, 0.15) is 22.7 Å². The van der Waals surface area contributed by atoms with Crippen molar-refractivity contribution in [1.82, 2.24) is 15.0 Å². The van der Waals surface area contributed by atoms with Gasteiger partial charge in [0.2, 0.25) is 0 Å². The minimum Gasteiger partial charge on any atom is -0.482 e. The van der Waals surface area contributed by atoms with Crippen LogP contribution in [0.5, 0.6) is 5.75 Å². The summed E-state index contributed by atoms with van der Waals surface area (Å²) in [6, 6.07) is 13.1. The summed E-state index contributed by atoms with van der Waals surface area (Å²) in [7, 11) is 1.22. The van der Waals surface area contributed by atoms with Crippen LogP contribution in [0.3, 0.4) is 0 Å². The molecular weight excluding hydrogens is 524 g/mol. The fourth-order valence-electron chi connectivity index (χ4n) is 4.31. The van der Waals surface area contributed by atoms with Crippen molar-refractivity contribution in [2.24, 2.45) is 0 Å². The number of fused-ring (bicyclic) bond motifs is 2. The maximum absolute atomic E-state index is 14.8. The number of carbonyl (C=O) groups excluding carboxylic acids is 2. The van der Waals surface area contributed by atoms with Gasteiger partial charge in [0.1, 0.15) is 17.3 Å². The second-order valence-electron chi connectivity index (χ2n) is 8.28. The summed E-state index contributed by atoms with van der Waals surface area (Å²) in [5.41, 5.74) is 1.31. The Hall–Kier alpha value is -4.22. The Morgan fingerprint density at radius 3 is 2.71 bits per heavy atom. The van der Waals surface area contributed by atoms with Gasteiger partial charge < -0.3 is 14.3 Å². The van der Waals surface area contributed by atoms with Gasteiger partial charge in [-0.15, -0.1) is 10.2 Å². The molecule has 0 N–H and O–H groups in total. The molecule has 0 bridgehead atoms. The SMILES string of the molecule is COC(=O)COc1ccc(Cl)cc1[C@@H]1c2ccc(F)c(F)c2CCN1OC(=O)On1ncc2ccccc21. The quantitative estimate of drug-likeness (QED) is 0.325. The number of ether oxygens (including phenoxy) is 2. The maximum atomic E-state index is 14.8. The first-order chi connectivity index (χ1) is 18.4. The van der Waals surface area contributed by atoms with E-state index in [1.807, 2.05) is 6.07 Å². The lowest BCUT2D eigenvalue weighted by Crippen LogP contribution is -2.40. The molecule has 9 nitrogen and oxygen atoms in total. The number of carbonyl (C=O) groups is 2. The topological polar surface area (TPSA) is 92.1 Å². The largest absolute Gasteiger partial charge is 0.555 e. The molecule has 12 heteroatoms. The molecule has 0 spiro atoms. The molecule has 1 aromatic heterocycles. The number of nitrogens with zero attached hydrogens (tertiary/aromatic N) is 3. The fraction of sp³-hybridized carbons (Fsp3) is 0.192. The van der Waals surface area contributed by atoms with Crippen LogP contribution in [0, 0.1) is 11.6 Å². The molecule has 0 unspecified atom stereocenters. The maximum Gasteiger partial charge on any atom is 0.555 e. The van der Waals surface area contributed by atoms with Crippen molar-refractivity contribution >= 4 is 34.6 Å². The van der Waals surface area contributed by atoms with Gasteiger partial charge in [0, 0.05) is 22.5 Å². The van der Waals surface area contributed by atoms with E-state index in [9.17, 15) is 18.4 Å². The molecule has 0 saturated carbocycles. The molecule has 1 aliphatic heterocycles. The number of hydroxylamine groups is 2. The summed E-state index contributed by atoms with van der Waals surface area (Å²) < 4.78 is 39.1. The predicted molar refractivity (Wildman–Crippen MR) is 130 cm³/mol. The summed E-state index contributed by atoms with van der Waals surface area (Å²) in [5.74, 6) is -2.44. The summed E-state index contributed by atoms with van der Waals surface area (Å²) >= 11 is 6.27. The van der Waals surface area contributed by atoms with Crippen molar-refractivity contribution in [1.29, 1.82) is 0 Å². The third kappa shape index (κ3) is 4.98. The number of esters is 1. The van der Waals surface area contributed by atoms with E-state index in [1.54, 1.807) is 18.2 Å². The minimum atomic E-state index is -1.12. The van der Waals surface area contributed by atoms with Crippen molar-refractivity contribution < 1.29 is 37.5 Å². The molecule has 196 valence electrons. The van der Waals surface area contributed by atoms with E-state index in [2.05, 4.69) is 9.84 Å². The number of hydrogen-bond donors (Lipinski definition) is 0. The highest BCUT2D eigenvalue weighted by molar-refractivity contribution is 6.30.